The van der Waals surface area contributed by atoms with E-state index < -0.39 is 0 Å². The van der Waals surface area contributed by atoms with Gasteiger partial charge in [0, 0.05) is 31.3 Å². The summed E-state index contributed by atoms with van der Waals surface area (Å²) in [5, 5.41) is 10.6. The predicted octanol–water partition coefficient (Wildman–Crippen LogP) is 2.83. The third-order valence-electron chi connectivity index (χ3n) is 4.34. The van der Waals surface area contributed by atoms with Gasteiger partial charge in [0.2, 0.25) is 5.91 Å². The van der Waals surface area contributed by atoms with Gasteiger partial charge in [-0.1, -0.05) is 30.3 Å². The van der Waals surface area contributed by atoms with Gasteiger partial charge >= 0.3 is 0 Å². The molecule has 0 radical (unpaired) electrons. The number of hydrogen-bond acceptors (Lipinski definition) is 5. The first-order chi connectivity index (χ1) is 13.6. The van der Waals surface area contributed by atoms with Crippen molar-refractivity contribution in [2.75, 3.05) is 18.4 Å². The molecule has 1 aromatic carbocycles. The lowest BCUT2D eigenvalue weighted by Crippen LogP contribution is -2.28. The van der Waals surface area contributed by atoms with Crippen LogP contribution in [0.25, 0.3) is 5.82 Å². The van der Waals surface area contributed by atoms with E-state index in [0.29, 0.717) is 31.1 Å². The van der Waals surface area contributed by atoms with Crippen molar-refractivity contribution >= 4 is 11.7 Å². The van der Waals surface area contributed by atoms with Crippen LogP contribution in [0.1, 0.15) is 29.8 Å². The Morgan fingerprint density at radius 3 is 2.64 bits per heavy atom. The molecule has 0 spiro atoms. The second-order valence-electron chi connectivity index (χ2n) is 6.72. The Morgan fingerprint density at radius 1 is 1.07 bits per heavy atom. The molecule has 0 bridgehead atoms. The van der Waals surface area contributed by atoms with Gasteiger partial charge < -0.3 is 10.6 Å². The molecule has 7 nitrogen and oxygen atoms in total. The predicted molar refractivity (Wildman–Crippen MR) is 110 cm³/mol. The summed E-state index contributed by atoms with van der Waals surface area (Å²) in [6.45, 7) is 5.08. The van der Waals surface area contributed by atoms with Crippen LogP contribution in [0.2, 0.25) is 0 Å². The fourth-order valence-corrected chi connectivity index (χ4v) is 3.00. The highest BCUT2D eigenvalue weighted by molar-refractivity contribution is 5.75. The highest BCUT2D eigenvalue weighted by Gasteiger charge is 2.06. The summed E-state index contributed by atoms with van der Waals surface area (Å²) in [7, 11) is 0. The fraction of sp³-hybridized carbons (Fsp3) is 0.333. The number of aromatic nitrogens is 4. The number of benzene rings is 1. The minimum atomic E-state index is 0.0729. The monoisotopic (exact) mass is 378 g/mol. The number of aryl methyl sites for hydroxylation is 3. The molecule has 0 saturated carbocycles. The van der Waals surface area contributed by atoms with E-state index in [1.54, 1.807) is 4.68 Å². The molecular formula is C21H26N6O. The average molecular weight is 378 g/mol. The molecule has 28 heavy (non-hydrogen) atoms. The fourth-order valence-electron chi connectivity index (χ4n) is 3.00. The molecule has 7 heteroatoms. The lowest BCUT2D eigenvalue weighted by molar-refractivity contribution is -0.121. The van der Waals surface area contributed by atoms with E-state index in [2.05, 4.69) is 37.8 Å². The number of amides is 1. The lowest BCUT2D eigenvalue weighted by atomic mass is 10.1. The van der Waals surface area contributed by atoms with Crippen molar-refractivity contribution in [2.45, 2.75) is 33.1 Å². The third-order valence-corrected chi connectivity index (χ3v) is 4.34. The summed E-state index contributed by atoms with van der Waals surface area (Å²) in [4.78, 5) is 20.5. The van der Waals surface area contributed by atoms with Gasteiger partial charge in [0.05, 0.1) is 5.69 Å². The number of anilines is 1. The minimum Gasteiger partial charge on any atom is -0.368 e. The SMILES string of the molecule is Cc1cc(C)n(-c2cc(NCCNC(=O)CCCc3ccccc3)ncn2)n1. The van der Waals surface area contributed by atoms with E-state index in [-0.39, 0.29) is 5.91 Å². The molecule has 2 N–H and O–H groups in total. The zero-order valence-corrected chi connectivity index (χ0v) is 16.4. The highest BCUT2D eigenvalue weighted by Crippen LogP contribution is 2.12. The van der Waals surface area contributed by atoms with Crippen molar-refractivity contribution in [3.8, 4) is 5.82 Å². The molecule has 2 aromatic heterocycles. The summed E-state index contributed by atoms with van der Waals surface area (Å²) in [5.74, 6) is 1.49. The van der Waals surface area contributed by atoms with Crippen molar-refractivity contribution in [1.82, 2.24) is 25.1 Å². The van der Waals surface area contributed by atoms with Gasteiger partial charge in [-0.3, -0.25) is 4.79 Å². The molecule has 146 valence electrons. The zero-order valence-electron chi connectivity index (χ0n) is 16.4. The normalized spacial score (nSPS) is 10.6. The summed E-state index contributed by atoms with van der Waals surface area (Å²) < 4.78 is 1.79. The van der Waals surface area contributed by atoms with Crippen molar-refractivity contribution in [3.05, 3.63) is 65.7 Å². The van der Waals surface area contributed by atoms with Gasteiger partial charge in [-0.2, -0.15) is 5.10 Å². The number of carbonyl (C=O) groups is 1. The van der Waals surface area contributed by atoms with E-state index in [4.69, 9.17) is 0 Å². The third kappa shape index (κ3) is 5.64. The van der Waals surface area contributed by atoms with Gasteiger partial charge in [0.15, 0.2) is 5.82 Å². The summed E-state index contributed by atoms with van der Waals surface area (Å²) >= 11 is 0. The first-order valence-corrected chi connectivity index (χ1v) is 9.52. The summed E-state index contributed by atoms with van der Waals surface area (Å²) in [5.41, 5.74) is 3.23. The molecule has 3 rings (SSSR count). The Bertz CT molecular complexity index is 906. The molecule has 0 unspecified atom stereocenters. The molecule has 0 saturated heterocycles. The highest BCUT2D eigenvalue weighted by atomic mass is 16.1. The molecule has 2 heterocycles. The topological polar surface area (TPSA) is 84.7 Å². The number of carbonyl (C=O) groups excluding carboxylic acids is 1. The Hall–Kier alpha value is -3.22. The van der Waals surface area contributed by atoms with Crippen LogP contribution >= 0.6 is 0 Å². The standard InChI is InChI=1S/C21H26N6O/c1-16-13-17(2)27(26-16)20-14-19(24-15-25-20)22-11-12-23-21(28)10-6-9-18-7-4-3-5-8-18/h3-5,7-8,13-15H,6,9-12H2,1-2H3,(H,23,28)(H,22,24,25). The maximum atomic E-state index is 11.9. The molecule has 0 fully saturated rings. The molecule has 0 aliphatic rings. The number of hydrogen-bond donors (Lipinski definition) is 2. The van der Waals surface area contributed by atoms with Crippen LogP contribution in [0, 0.1) is 13.8 Å². The van der Waals surface area contributed by atoms with E-state index in [1.165, 1.54) is 11.9 Å². The van der Waals surface area contributed by atoms with E-state index in [9.17, 15) is 4.79 Å². The van der Waals surface area contributed by atoms with E-state index in [1.807, 2.05) is 44.2 Å². The average Bonchev–Trinajstić information content (AvgIpc) is 3.04. The maximum Gasteiger partial charge on any atom is 0.220 e. The van der Waals surface area contributed by atoms with Crippen LogP contribution < -0.4 is 10.6 Å². The van der Waals surface area contributed by atoms with Gasteiger partial charge in [0.25, 0.3) is 0 Å². The molecule has 0 aliphatic heterocycles. The minimum absolute atomic E-state index is 0.0729. The smallest absolute Gasteiger partial charge is 0.220 e. The van der Waals surface area contributed by atoms with Crippen LogP contribution in [0.5, 0.6) is 0 Å². The second kappa shape index (κ2) is 9.64. The van der Waals surface area contributed by atoms with Crippen LogP contribution in [0.3, 0.4) is 0 Å². The number of rotatable bonds is 9. The van der Waals surface area contributed by atoms with Crippen molar-refractivity contribution in [3.63, 3.8) is 0 Å². The molecule has 1 amide bonds. The molecule has 0 aliphatic carbocycles. The Kier molecular flexibility index (Phi) is 6.73. The van der Waals surface area contributed by atoms with Gasteiger partial charge in [-0.05, 0) is 38.3 Å². The van der Waals surface area contributed by atoms with Crippen LogP contribution in [-0.2, 0) is 11.2 Å². The van der Waals surface area contributed by atoms with E-state index in [0.717, 1.165) is 24.2 Å². The quantitative estimate of drug-likeness (QED) is 0.559. The number of nitrogens with one attached hydrogen (secondary N) is 2. The summed E-state index contributed by atoms with van der Waals surface area (Å²) in [6.07, 6.45) is 3.81. The van der Waals surface area contributed by atoms with E-state index >= 15 is 0 Å². The Morgan fingerprint density at radius 2 is 1.89 bits per heavy atom. The van der Waals surface area contributed by atoms with Crippen LogP contribution in [0.4, 0.5) is 5.82 Å². The first-order valence-electron chi connectivity index (χ1n) is 9.52. The van der Waals surface area contributed by atoms with Crippen molar-refractivity contribution in [2.24, 2.45) is 0 Å². The lowest BCUT2D eigenvalue weighted by Gasteiger charge is -2.09. The van der Waals surface area contributed by atoms with Gasteiger partial charge in [-0.15, -0.1) is 0 Å². The second-order valence-corrected chi connectivity index (χ2v) is 6.72. The molecule has 3 aromatic rings. The van der Waals surface area contributed by atoms with Crippen molar-refractivity contribution in [1.29, 1.82) is 0 Å². The largest absolute Gasteiger partial charge is 0.368 e. The molecule has 0 atom stereocenters. The Labute approximate surface area is 165 Å². The van der Waals surface area contributed by atoms with Crippen LogP contribution in [0.15, 0.2) is 48.8 Å². The maximum absolute atomic E-state index is 11.9. The van der Waals surface area contributed by atoms with Crippen molar-refractivity contribution < 1.29 is 4.79 Å². The molecular weight excluding hydrogens is 352 g/mol. The van der Waals surface area contributed by atoms with Gasteiger partial charge in [-0.25, -0.2) is 14.6 Å². The van der Waals surface area contributed by atoms with Gasteiger partial charge in [0.1, 0.15) is 12.1 Å². The summed E-state index contributed by atoms with van der Waals surface area (Å²) in [6, 6.07) is 14.1. The zero-order chi connectivity index (χ0) is 19.8. The van der Waals surface area contributed by atoms with Crippen LogP contribution in [-0.4, -0.2) is 38.7 Å². The first kappa shape index (κ1) is 19.5. The number of nitrogens with zero attached hydrogens (tertiary/aromatic N) is 4. The Balaban J connectivity index is 1.38.